The maximum Gasteiger partial charge on any atom is 0.269 e. The van der Waals surface area contributed by atoms with Crippen molar-refractivity contribution < 1.29 is 14.5 Å². The first-order valence-electron chi connectivity index (χ1n) is 8.74. The zero-order chi connectivity index (χ0) is 18.6. The van der Waals surface area contributed by atoms with Gasteiger partial charge in [0, 0.05) is 24.0 Å². The number of unbranched alkanes of at least 4 members (excludes halogenated alkanes) is 2. The molecule has 0 radical (unpaired) electrons. The van der Waals surface area contributed by atoms with Crippen LogP contribution in [0.1, 0.15) is 57.9 Å². The number of nitro benzene ring substituents is 1. The molecule has 3 atom stereocenters. The molecule has 6 heteroatoms. The van der Waals surface area contributed by atoms with Crippen molar-refractivity contribution in [3.05, 3.63) is 39.9 Å². The van der Waals surface area contributed by atoms with Crippen molar-refractivity contribution >= 4 is 29.0 Å². The molecule has 1 aromatic rings. The predicted octanol–water partition coefficient (Wildman–Crippen LogP) is 4.54. The van der Waals surface area contributed by atoms with E-state index in [1.54, 1.807) is 37.7 Å². The Labute approximate surface area is 152 Å². The van der Waals surface area contributed by atoms with Crippen molar-refractivity contribution in [3.8, 4) is 0 Å². The van der Waals surface area contributed by atoms with Crippen molar-refractivity contribution in [3.63, 3.8) is 0 Å². The summed E-state index contributed by atoms with van der Waals surface area (Å²) < 4.78 is -0.783. The molecule has 2 rings (SSSR count). The number of ketones is 2. The molecule has 1 aliphatic rings. The minimum absolute atomic E-state index is 0.00282. The quantitative estimate of drug-likeness (QED) is 0.366. The Bertz CT molecular complexity index is 675. The van der Waals surface area contributed by atoms with E-state index >= 15 is 0 Å². The van der Waals surface area contributed by atoms with E-state index in [1.807, 2.05) is 6.07 Å². The fourth-order valence-corrected chi connectivity index (χ4v) is 5.55. The average molecular weight is 363 g/mol. The van der Waals surface area contributed by atoms with Gasteiger partial charge in [-0.25, -0.2) is 0 Å². The fraction of sp³-hybridized carbons (Fsp3) is 0.579. The van der Waals surface area contributed by atoms with Crippen LogP contribution < -0.4 is 0 Å². The maximum absolute atomic E-state index is 12.6. The van der Waals surface area contributed by atoms with Crippen molar-refractivity contribution in [2.45, 2.75) is 57.1 Å². The third kappa shape index (κ3) is 3.78. The van der Waals surface area contributed by atoms with Gasteiger partial charge in [-0.1, -0.05) is 31.9 Å². The van der Waals surface area contributed by atoms with Gasteiger partial charge in [0.15, 0.2) is 0 Å². The van der Waals surface area contributed by atoms with E-state index < -0.39 is 9.67 Å². The van der Waals surface area contributed by atoms with Gasteiger partial charge in [0.2, 0.25) is 0 Å². The number of Topliss-reactive ketones (excluding diaryl/α,β-unsaturated/α-hetero) is 2. The van der Waals surface area contributed by atoms with Gasteiger partial charge in [-0.15, -0.1) is 11.8 Å². The van der Waals surface area contributed by atoms with E-state index in [-0.39, 0.29) is 29.1 Å². The van der Waals surface area contributed by atoms with Crippen LogP contribution >= 0.6 is 11.8 Å². The molecule has 1 saturated carbocycles. The van der Waals surface area contributed by atoms with E-state index in [1.165, 1.54) is 6.07 Å². The van der Waals surface area contributed by atoms with E-state index in [0.29, 0.717) is 6.42 Å². The molecule has 0 aliphatic heterocycles. The van der Waals surface area contributed by atoms with Crippen LogP contribution in [0, 0.1) is 16.0 Å². The molecular weight excluding hydrogens is 338 g/mol. The van der Waals surface area contributed by atoms with Gasteiger partial charge in [0.05, 0.1) is 9.67 Å². The monoisotopic (exact) mass is 363 g/mol. The minimum atomic E-state index is -0.783. The number of non-ortho nitro benzene ring substituents is 1. The third-order valence-electron chi connectivity index (χ3n) is 5.12. The Morgan fingerprint density at radius 2 is 2.04 bits per heavy atom. The number of hydrogen-bond acceptors (Lipinski definition) is 5. The second-order valence-electron chi connectivity index (χ2n) is 6.71. The predicted molar refractivity (Wildman–Crippen MR) is 100 cm³/mol. The number of thioether (sulfide) groups is 1. The van der Waals surface area contributed by atoms with Gasteiger partial charge in [-0.2, -0.15) is 0 Å². The summed E-state index contributed by atoms with van der Waals surface area (Å²) in [5.41, 5.74) is 0.808. The molecule has 25 heavy (non-hydrogen) atoms. The SMILES string of the molecule is CCCCCS[C@]1(C(C)=O)[C@@H](C(C)=O)C[C@@H]1c1cccc([N+](=O)[O-])c1. The lowest BCUT2D eigenvalue weighted by Crippen LogP contribution is -2.59. The van der Waals surface area contributed by atoms with Crippen molar-refractivity contribution in [1.82, 2.24) is 0 Å². The molecule has 0 aromatic heterocycles. The third-order valence-corrected chi connectivity index (χ3v) is 6.95. The molecule has 0 spiro atoms. The summed E-state index contributed by atoms with van der Waals surface area (Å²) in [6, 6.07) is 6.49. The summed E-state index contributed by atoms with van der Waals surface area (Å²) in [6.45, 7) is 5.21. The van der Waals surface area contributed by atoms with Gasteiger partial charge >= 0.3 is 0 Å². The highest BCUT2D eigenvalue weighted by atomic mass is 32.2. The number of benzene rings is 1. The molecular formula is C19H25NO4S. The van der Waals surface area contributed by atoms with Crippen LogP contribution in [-0.4, -0.2) is 27.0 Å². The summed E-state index contributed by atoms with van der Waals surface area (Å²) in [5.74, 6) is 0.394. The molecule has 0 N–H and O–H groups in total. The zero-order valence-electron chi connectivity index (χ0n) is 15.0. The summed E-state index contributed by atoms with van der Waals surface area (Å²) in [5, 5.41) is 11.1. The Morgan fingerprint density at radius 1 is 1.32 bits per heavy atom. The van der Waals surface area contributed by atoms with Crippen molar-refractivity contribution in [1.29, 1.82) is 0 Å². The van der Waals surface area contributed by atoms with Crippen LogP contribution in [0.15, 0.2) is 24.3 Å². The summed E-state index contributed by atoms with van der Waals surface area (Å²) in [6.07, 6.45) is 3.77. The van der Waals surface area contributed by atoms with Crippen LogP contribution in [0.4, 0.5) is 5.69 Å². The van der Waals surface area contributed by atoms with E-state index in [4.69, 9.17) is 0 Å². The number of nitro groups is 1. The van der Waals surface area contributed by atoms with Crippen molar-refractivity contribution in [2.75, 3.05) is 5.75 Å². The highest BCUT2D eigenvalue weighted by Gasteiger charge is 2.60. The lowest BCUT2D eigenvalue weighted by Gasteiger charge is -2.53. The molecule has 1 fully saturated rings. The largest absolute Gasteiger partial charge is 0.300 e. The number of carbonyl (C=O) groups is 2. The molecule has 0 saturated heterocycles. The summed E-state index contributed by atoms with van der Waals surface area (Å²) >= 11 is 1.57. The Morgan fingerprint density at radius 3 is 2.60 bits per heavy atom. The summed E-state index contributed by atoms with van der Waals surface area (Å²) in [7, 11) is 0. The zero-order valence-corrected chi connectivity index (χ0v) is 15.8. The standard InChI is InChI=1S/C19H25NO4S/c1-4-5-6-10-25-19(14(3)22)17(13(2)21)12-18(19)15-8-7-9-16(11-15)20(23)24/h7-9,11,17-18H,4-6,10,12H2,1-3H3/t17-,18-,19-/m1/s1. The van der Waals surface area contributed by atoms with Crippen LogP contribution in [0.2, 0.25) is 0 Å². The molecule has 1 aromatic carbocycles. The molecule has 0 amide bonds. The van der Waals surface area contributed by atoms with E-state index in [9.17, 15) is 19.7 Å². The van der Waals surface area contributed by atoms with Crippen LogP contribution in [0.5, 0.6) is 0 Å². The highest BCUT2D eigenvalue weighted by Crippen LogP contribution is 2.59. The second kappa shape index (κ2) is 8.13. The Kier molecular flexibility index (Phi) is 6.38. The second-order valence-corrected chi connectivity index (χ2v) is 8.08. The first-order chi connectivity index (χ1) is 11.8. The first kappa shape index (κ1) is 19.6. The summed E-state index contributed by atoms with van der Waals surface area (Å²) in [4.78, 5) is 35.4. The number of carbonyl (C=O) groups excluding carboxylic acids is 2. The normalized spacial score (nSPS) is 25.2. The van der Waals surface area contributed by atoms with Crippen LogP contribution in [0.25, 0.3) is 0 Å². The number of nitrogens with zero attached hydrogens (tertiary/aromatic N) is 1. The van der Waals surface area contributed by atoms with Gasteiger partial charge in [0.1, 0.15) is 11.6 Å². The lowest BCUT2D eigenvalue weighted by molar-refractivity contribution is -0.384. The maximum atomic E-state index is 12.6. The Balaban J connectivity index is 2.35. The van der Waals surface area contributed by atoms with E-state index in [2.05, 4.69) is 6.92 Å². The minimum Gasteiger partial charge on any atom is -0.300 e. The molecule has 0 unspecified atom stereocenters. The Hall–Kier alpha value is -1.69. The lowest BCUT2D eigenvalue weighted by atomic mass is 9.58. The van der Waals surface area contributed by atoms with Crippen LogP contribution in [0.3, 0.4) is 0 Å². The molecule has 1 aliphatic carbocycles. The molecule has 0 heterocycles. The topological polar surface area (TPSA) is 77.3 Å². The van der Waals surface area contributed by atoms with Crippen LogP contribution in [-0.2, 0) is 9.59 Å². The van der Waals surface area contributed by atoms with Gasteiger partial charge in [-0.3, -0.25) is 19.7 Å². The first-order valence-corrected chi connectivity index (χ1v) is 9.73. The fourth-order valence-electron chi connectivity index (χ4n) is 3.76. The smallest absolute Gasteiger partial charge is 0.269 e. The number of rotatable bonds is 9. The van der Waals surface area contributed by atoms with Gasteiger partial charge < -0.3 is 0 Å². The highest BCUT2D eigenvalue weighted by molar-refractivity contribution is 8.01. The number of hydrogen-bond donors (Lipinski definition) is 0. The van der Waals surface area contributed by atoms with Gasteiger partial charge in [-0.05, 0) is 38.0 Å². The van der Waals surface area contributed by atoms with E-state index in [0.717, 1.165) is 30.6 Å². The molecule has 5 nitrogen and oxygen atoms in total. The average Bonchev–Trinajstić information content (AvgIpc) is 2.53. The van der Waals surface area contributed by atoms with Crippen molar-refractivity contribution in [2.24, 2.45) is 5.92 Å². The molecule has 0 bridgehead atoms. The molecule has 136 valence electrons. The van der Waals surface area contributed by atoms with Gasteiger partial charge in [0.25, 0.3) is 5.69 Å².